The van der Waals surface area contributed by atoms with Crippen LogP contribution in [-0.4, -0.2) is 37.1 Å². The average Bonchev–Trinajstić information content (AvgIpc) is 1.88. The lowest BCUT2D eigenvalue weighted by atomic mass is 10.3. The lowest BCUT2D eigenvalue weighted by Gasteiger charge is -2.30. The Labute approximate surface area is 58.7 Å². The predicted molar refractivity (Wildman–Crippen MR) is 39.6 cm³/mol. The summed E-state index contributed by atoms with van der Waals surface area (Å²) in [7, 11) is 0. The summed E-state index contributed by atoms with van der Waals surface area (Å²) in [6, 6.07) is 0.647. The minimum absolute atomic E-state index is 0.647. The van der Waals surface area contributed by atoms with Crippen molar-refractivity contribution in [3.05, 3.63) is 0 Å². The molecule has 0 aliphatic carbocycles. The van der Waals surface area contributed by atoms with Gasteiger partial charge in [0.25, 0.3) is 0 Å². The van der Waals surface area contributed by atoms with Crippen LogP contribution in [-0.2, 0) is 0 Å². The minimum Gasteiger partial charge on any atom is -0.314 e. The zero-order valence-electron chi connectivity index (χ0n) is 7.30. The topological polar surface area (TPSA) is 15.3 Å². The molecule has 0 bridgehead atoms. The second kappa shape index (κ2) is 3.18. The summed E-state index contributed by atoms with van der Waals surface area (Å²) in [6.07, 6.45) is 0. The van der Waals surface area contributed by atoms with Crippen LogP contribution in [0.15, 0.2) is 0 Å². The number of nitrogens with zero attached hydrogens (tertiary/aromatic N) is 1. The third-order valence-corrected chi connectivity index (χ3v) is 1.82. The number of rotatable bonds is 1. The number of nitrogens with one attached hydrogen (secondary N) is 1. The molecule has 54 valence electrons. The standard InChI is InChI=1S/C7H16N2/c1-7(2)9-5-3-8-4-6-9/h7-8H,3-6H2,1-2H3/i/hD. The van der Waals surface area contributed by atoms with Crippen molar-refractivity contribution in [1.82, 2.24) is 10.2 Å². The Hall–Kier alpha value is -0.0800. The van der Waals surface area contributed by atoms with E-state index in [4.69, 9.17) is 1.41 Å². The van der Waals surface area contributed by atoms with E-state index in [1.165, 1.54) is 0 Å². The van der Waals surface area contributed by atoms with Gasteiger partial charge < -0.3 is 5.31 Å². The molecule has 0 unspecified atom stereocenters. The number of hydrogen-bond acceptors (Lipinski definition) is 2. The smallest absolute Gasteiger partial charge is 0.122 e. The first kappa shape index (κ1) is 5.69. The summed E-state index contributed by atoms with van der Waals surface area (Å²) in [6.45, 7) is 8.33. The van der Waals surface area contributed by atoms with Crippen molar-refractivity contribution < 1.29 is 1.41 Å². The normalized spacial score (nSPS) is 26.8. The molecule has 0 aromatic rings. The van der Waals surface area contributed by atoms with Crippen LogP contribution in [0.4, 0.5) is 0 Å². The Bertz CT molecular complexity index is 97.8. The Balaban J connectivity index is 2.26. The third kappa shape index (κ3) is 1.95. The van der Waals surface area contributed by atoms with E-state index < -0.39 is 0 Å². The Morgan fingerprint density at radius 3 is 2.44 bits per heavy atom. The minimum atomic E-state index is 0.647. The molecule has 1 aliphatic heterocycles. The van der Waals surface area contributed by atoms with Crippen molar-refractivity contribution in [3.63, 3.8) is 0 Å². The van der Waals surface area contributed by atoms with Gasteiger partial charge in [0, 0.05) is 32.2 Å². The Morgan fingerprint density at radius 1 is 1.44 bits per heavy atom. The van der Waals surface area contributed by atoms with E-state index in [1.54, 1.807) is 5.31 Å². The van der Waals surface area contributed by atoms with E-state index in [-0.39, 0.29) is 0 Å². The van der Waals surface area contributed by atoms with Gasteiger partial charge in [0.05, 0.1) is 0 Å². The first-order valence-corrected chi connectivity index (χ1v) is 3.68. The first-order chi connectivity index (χ1) is 4.70. The highest BCUT2D eigenvalue weighted by molar-refractivity contribution is 4.69. The second-order valence-electron chi connectivity index (χ2n) is 2.80. The molecule has 2 heteroatoms. The van der Waals surface area contributed by atoms with Crippen molar-refractivity contribution in [2.75, 3.05) is 26.2 Å². The summed E-state index contributed by atoms with van der Waals surface area (Å²) < 4.78 is 7.31. The van der Waals surface area contributed by atoms with E-state index in [0.717, 1.165) is 26.2 Å². The van der Waals surface area contributed by atoms with Gasteiger partial charge in [-0.15, -0.1) is 0 Å². The molecular weight excluding hydrogens is 112 g/mol. The molecule has 1 saturated heterocycles. The molecule has 0 amide bonds. The van der Waals surface area contributed by atoms with Crippen LogP contribution in [0.2, 0.25) is 1.41 Å². The average molecular weight is 129 g/mol. The molecule has 9 heavy (non-hydrogen) atoms. The van der Waals surface area contributed by atoms with Crippen molar-refractivity contribution >= 4 is 0 Å². The SMILES string of the molecule is [2H]N1CCN(C(C)C)CC1. The molecule has 1 fully saturated rings. The molecule has 0 spiro atoms. The lowest BCUT2D eigenvalue weighted by Crippen LogP contribution is -2.46. The summed E-state index contributed by atoms with van der Waals surface area (Å²) in [5.74, 6) is 0. The fourth-order valence-corrected chi connectivity index (χ4v) is 1.14. The van der Waals surface area contributed by atoms with Crippen LogP contribution >= 0.6 is 0 Å². The van der Waals surface area contributed by atoms with Crippen LogP contribution in [0.5, 0.6) is 0 Å². The van der Waals surface area contributed by atoms with Gasteiger partial charge in [-0.25, -0.2) is 0 Å². The fourth-order valence-electron chi connectivity index (χ4n) is 1.14. The molecule has 2 nitrogen and oxygen atoms in total. The largest absolute Gasteiger partial charge is 0.314 e. The van der Waals surface area contributed by atoms with Crippen LogP contribution in [0.3, 0.4) is 0 Å². The third-order valence-electron chi connectivity index (χ3n) is 1.82. The van der Waals surface area contributed by atoms with Gasteiger partial charge in [-0.05, 0) is 13.8 Å². The summed E-state index contributed by atoms with van der Waals surface area (Å²) in [5.41, 5.74) is 0. The van der Waals surface area contributed by atoms with E-state index in [1.807, 2.05) is 0 Å². The predicted octanol–water partition coefficient (Wildman–Crippen LogP) is 0.300. The van der Waals surface area contributed by atoms with E-state index in [0.29, 0.717) is 6.04 Å². The lowest BCUT2D eigenvalue weighted by molar-refractivity contribution is 0.196. The highest BCUT2D eigenvalue weighted by atomic mass is 15.2. The molecule has 0 atom stereocenters. The van der Waals surface area contributed by atoms with Crippen LogP contribution < -0.4 is 5.31 Å². The van der Waals surface area contributed by atoms with E-state index >= 15 is 0 Å². The highest BCUT2D eigenvalue weighted by Gasteiger charge is 2.11. The van der Waals surface area contributed by atoms with E-state index in [2.05, 4.69) is 18.7 Å². The molecule has 0 radical (unpaired) electrons. The van der Waals surface area contributed by atoms with Crippen molar-refractivity contribution in [3.8, 4) is 0 Å². The molecule has 0 aromatic heterocycles. The van der Waals surface area contributed by atoms with Gasteiger partial charge in [0.2, 0.25) is 0 Å². The van der Waals surface area contributed by atoms with Gasteiger partial charge in [-0.1, -0.05) is 0 Å². The van der Waals surface area contributed by atoms with Gasteiger partial charge in [-0.3, -0.25) is 4.90 Å². The molecule has 1 N–H and O–H groups in total. The maximum atomic E-state index is 7.31. The first-order valence-electron chi connectivity index (χ1n) is 4.13. The zero-order chi connectivity index (χ0) is 7.56. The van der Waals surface area contributed by atoms with E-state index in [9.17, 15) is 0 Å². The summed E-state index contributed by atoms with van der Waals surface area (Å²) in [4.78, 5) is 2.41. The molecule has 1 heterocycles. The molecular formula is C7H16N2. The van der Waals surface area contributed by atoms with Gasteiger partial charge >= 0.3 is 0 Å². The van der Waals surface area contributed by atoms with Gasteiger partial charge in [0.1, 0.15) is 1.41 Å². The Kier molecular flexibility index (Phi) is 2.01. The quantitative estimate of drug-likeness (QED) is 0.548. The highest BCUT2D eigenvalue weighted by Crippen LogP contribution is 1.97. The van der Waals surface area contributed by atoms with Crippen molar-refractivity contribution in [2.45, 2.75) is 19.9 Å². The Morgan fingerprint density at radius 2 is 2.00 bits per heavy atom. The monoisotopic (exact) mass is 129 g/mol. The zero-order valence-corrected chi connectivity index (χ0v) is 6.30. The second-order valence-corrected chi connectivity index (χ2v) is 2.80. The molecule has 1 aliphatic rings. The molecule has 0 saturated carbocycles. The maximum Gasteiger partial charge on any atom is 0.122 e. The fraction of sp³-hybridized carbons (Fsp3) is 1.00. The maximum absolute atomic E-state index is 7.31. The van der Waals surface area contributed by atoms with Crippen LogP contribution in [0.25, 0.3) is 0 Å². The molecule has 1 rings (SSSR count). The molecule has 0 aromatic carbocycles. The summed E-state index contributed by atoms with van der Waals surface area (Å²) in [5, 5.41) is 1.64. The van der Waals surface area contributed by atoms with Crippen molar-refractivity contribution in [1.29, 1.82) is 0 Å². The van der Waals surface area contributed by atoms with Gasteiger partial charge in [-0.2, -0.15) is 0 Å². The summed E-state index contributed by atoms with van der Waals surface area (Å²) >= 11 is 0. The van der Waals surface area contributed by atoms with Crippen LogP contribution in [0.1, 0.15) is 13.8 Å². The van der Waals surface area contributed by atoms with Gasteiger partial charge in [0.15, 0.2) is 0 Å². The number of hydrogen-bond donors (Lipinski definition) is 1. The van der Waals surface area contributed by atoms with Crippen LogP contribution in [0, 0.1) is 0 Å². The number of piperazine rings is 1. The van der Waals surface area contributed by atoms with Crippen molar-refractivity contribution in [2.24, 2.45) is 0 Å².